The van der Waals surface area contributed by atoms with Gasteiger partial charge in [0.1, 0.15) is 0 Å². The molecule has 3 aliphatic rings. The summed E-state index contributed by atoms with van der Waals surface area (Å²) in [7, 11) is 0. The smallest absolute Gasteiger partial charge is 0.236 e. The zero-order valence-corrected chi connectivity index (χ0v) is 13.5. The van der Waals surface area contributed by atoms with E-state index in [-0.39, 0.29) is 11.8 Å². The number of amides is 2. The van der Waals surface area contributed by atoms with Gasteiger partial charge in [-0.3, -0.25) is 14.5 Å². The van der Waals surface area contributed by atoms with Gasteiger partial charge in [0.05, 0.1) is 19.8 Å². The fourth-order valence-electron chi connectivity index (χ4n) is 4.15. The minimum Gasteiger partial charge on any atom is -0.378 e. The van der Waals surface area contributed by atoms with Crippen molar-refractivity contribution in [2.75, 3.05) is 45.9 Å². The molecule has 22 heavy (non-hydrogen) atoms. The van der Waals surface area contributed by atoms with Gasteiger partial charge in [0.15, 0.2) is 0 Å². The second-order valence-corrected chi connectivity index (χ2v) is 6.60. The van der Waals surface area contributed by atoms with E-state index >= 15 is 0 Å². The first kappa shape index (κ1) is 15.7. The first-order valence-corrected chi connectivity index (χ1v) is 8.53. The van der Waals surface area contributed by atoms with E-state index in [0.717, 1.165) is 38.8 Å². The van der Waals surface area contributed by atoms with Crippen LogP contribution in [0.3, 0.4) is 0 Å². The fraction of sp³-hybridized carbons (Fsp3) is 0.875. The van der Waals surface area contributed by atoms with Crippen molar-refractivity contribution in [1.82, 2.24) is 14.7 Å². The van der Waals surface area contributed by atoms with Crippen LogP contribution in [0.15, 0.2) is 0 Å². The summed E-state index contributed by atoms with van der Waals surface area (Å²) in [5.41, 5.74) is 0. The summed E-state index contributed by atoms with van der Waals surface area (Å²) in [4.78, 5) is 30.5. The summed E-state index contributed by atoms with van der Waals surface area (Å²) in [6.07, 6.45) is 4.40. The van der Waals surface area contributed by atoms with E-state index in [0.29, 0.717) is 44.9 Å². The SMILES string of the molecule is CC(=O)N1CCCC1C1CCCN1CC(=O)N1CCOCC1. The molecule has 3 heterocycles. The third-order valence-electron chi connectivity index (χ3n) is 5.26. The maximum Gasteiger partial charge on any atom is 0.236 e. The van der Waals surface area contributed by atoms with Crippen LogP contribution in [-0.2, 0) is 14.3 Å². The van der Waals surface area contributed by atoms with Crippen LogP contribution in [0.5, 0.6) is 0 Å². The molecule has 0 N–H and O–H groups in total. The highest BCUT2D eigenvalue weighted by atomic mass is 16.5. The highest BCUT2D eigenvalue weighted by Crippen LogP contribution is 2.30. The Hall–Kier alpha value is -1.14. The molecule has 3 rings (SSSR count). The first-order chi connectivity index (χ1) is 10.7. The lowest BCUT2D eigenvalue weighted by Crippen LogP contribution is -2.51. The topological polar surface area (TPSA) is 53.1 Å². The van der Waals surface area contributed by atoms with E-state index in [9.17, 15) is 9.59 Å². The van der Waals surface area contributed by atoms with Crippen LogP contribution in [0.2, 0.25) is 0 Å². The fourth-order valence-corrected chi connectivity index (χ4v) is 4.15. The molecular weight excluding hydrogens is 282 g/mol. The molecule has 0 radical (unpaired) electrons. The molecule has 0 aromatic heterocycles. The summed E-state index contributed by atoms with van der Waals surface area (Å²) in [6.45, 7) is 6.72. The Balaban J connectivity index is 1.60. The van der Waals surface area contributed by atoms with Crippen molar-refractivity contribution < 1.29 is 14.3 Å². The number of carbonyl (C=O) groups excluding carboxylic acids is 2. The minimum atomic E-state index is 0.175. The maximum atomic E-state index is 12.5. The number of morpholine rings is 1. The van der Waals surface area contributed by atoms with Gasteiger partial charge in [0, 0.05) is 38.6 Å². The lowest BCUT2D eigenvalue weighted by Gasteiger charge is -2.35. The van der Waals surface area contributed by atoms with Gasteiger partial charge in [0.25, 0.3) is 0 Å². The average Bonchev–Trinajstić information content (AvgIpc) is 3.16. The van der Waals surface area contributed by atoms with Gasteiger partial charge in [0.2, 0.25) is 11.8 Å². The van der Waals surface area contributed by atoms with Gasteiger partial charge in [-0.15, -0.1) is 0 Å². The predicted octanol–water partition coefficient (Wildman–Crippen LogP) is 0.321. The van der Waals surface area contributed by atoms with Crippen molar-refractivity contribution in [3.05, 3.63) is 0 Å². The lowest BCUT2D eigenvalue weighted by molar-refractivity contribution is -0.137. The molecule has 3 fully saturated rings. The second kappa shape index (κ2) is 6.96. The summed E-state index contributed by atoms with van der Waals surface area (Å²) >= 11 is 0. The average molecular weight is 309 g/mol. The van der Waals surface area contributed by atoms with E-state index in [1.54, 1.807) is 6.92 Å². The van der Waals surface area contributed by atoms with Crippen molar-refractivity contribution in [3.8, 4) is 0 Å². The van der Waals surface area contributed by atoms with Crippen molar-refractivity contribution in [1.29, 1.82) is 0 Å². The van der Waals surface area contributed by atoms with Crippen LogP contribution in [0.25, 0.3) is 0 Å². The summed E-state index contributed by atoms with van der Waals surface area (Å²) in [5, 5.41) is 0. The van der Waals surface area contributed by atoms with E-state index in [1.165, 1.54) is 0 Å². The van der Waals surface area contributed by atoms with Crippen LogP contribution in [0.4, 0.5) is 0 Å². The molecule has 0 saturated carbocycles. The Morgan fingerprint density at radius 2 is 1.68 bits per heavy atom. The maximum absolute atomic E-state index is 12.5. The van der Waals surface area contributed by atoms with Gasteiger partial charge in [-0.05, 0) is 32.2 Å². The molecule has 0 aromatic rings. The number of ether oxygens (including phenoxy) is 1. The van der Waals surface area contributed by atoms with Crippen LogP contribution < -0.4 is 0 Å². The van der Waals surface area contributed by atoms with E-state index in [4.69, 9.17) is 4.74 Å². The monoisotopic (exact) mass is 309 g/mol. The molecule has 3 saturated heterocycles. The Kier molecular flexibility index (Phi) is 4.98. The van der Waals surface area contributed by atoms with Crippen LogP contribution in [0.1, 0.15) is 32.6 Å². The zero-order chi connectivity index (χ0) is 15.5. The number of likely N-dealkylation sites (tertiary alicyclic amines) is 2. The molecule has 0 aromatic carbocycles. The number of rotatable bonds is 3. The second-order valence-electron chi connectivity index (χ2n) is 6.60. The van der Waals surface area contributed by atoms with Gasteiger partial charge < -0.3 is 14.5 Å². The van der Waals surface area contributed by atoms with Gasteiger partial charge >= 0.3 is 0 Å². The molecule has 6 heteroatoms. The summed E-state index contributed by atoms with van der Waals surface area (Å²) < 4.78 is 5.31. The van der Waals surface area contributed by atoms with E-state index < -0.39 is 0 Å². The van der Waals surface area contributed by atoms with Crippen molar-refractivity contribution in [2.24, 2.45) is 0 Å². The van der Waals surface area contributed by atoms with Crippen LogP contribution in [-0.4, -0.2) is 84.5 Å². The molecule has 0 spiro atoms. The van der Waals surface area contributed by atoms with Crippen molar-refractivity contribution >= 4 is 11.8 Å². The molecule has 6 nitrogen and oxygen atoms in total. The number of nitrogens with zero attached hydrogens (tertiary/aromatic N) is 3. The number of hydrogen-bond donors (Lipinski definition) is 0. The van der Waals surface area contributed by atoms with Crippen molar-refractivity contribution in [2.45, 2.75) is 44.7 Å². The summed E-state index contributed by atoms with van der Waals surface area (Å²) in [5.74, 6) is 0.386. The quantitative estimate of drug-likeness (QED) is 0.753. The highest BCUT2D eigenvalue weighted by Gasteiger charge is 2.39. The third-order valence-corrected chi connectivity index (χ3v) is 5.26. The third kappa shape index (κ3) is 3.27. The first-order valence-electron chi connectivity index (χ1n) is 8.53. The largest absolute Gasteiger partial charge is 0.378 e. The van der Waals surface area contributed by atoms with E-state index in [2.05, 4.69) is 4.90 Å². The zero-order valence-electron chi connectivity index (χ0n) is 13.5. The molecule has 0 aliphatic carbocycles. The Morgan fingerprint density at radius 3 is 2.41 bits per heavy atom. The molecule has 2 unspecified atom stereocenters. The standard InChI is InChI=1S/C16H27N3O3/c1-13(20)19-7-3-5-15(19)14-4-2-6-18(14)12-16(21)17-8-10-22-11-9-17/h14-15H,2-12H2,1H3. The van der Waals surface area contributed by atoms with Crippen LogP contribution >= 0.6 is 0 Å². The van der Waals surface area contributed by atoms with E-state index in [1.807, 2.05) is 9.80 Å². The number of carbonyl (C=O) groups is 2. The summed E-state index contributed by atoms with van der Waals surface area (Å²) in [6, 6.07) is 0.661. The molecule has 124 valence electrons. The molecule has 2 amide bonds. The normalized spacial score (nSPS) is 30.0. The van der Waals surface area contributed by atoms with Gasteiger partial charge in [-0.25, -0.2) is 0 Å². The Morgan fingerprint density at radius 1 is 1.00 bits per heavy atom. The van der Waals surface area contributed by atoms with Gasteiger partial charge in [-0.2, -0.15) is 0 Å². The van der Waals surface area contributed by atoms with Crippen molar-refractivity contribution in [3.63, 3.8) is 0 Å². The molecule has 3 aliphatic heterocycles. The molecule has 2 atom stereocenters. The molecule has 0 bridgehead atoms. The Bertz CT molecular complexity index is 423. The minimum absolute atomic E-state index is 0.175. The lowest BCUT2D eigenvalue weighted by atomic mass is 10.0. The highest BCUT2D eigenvalue weighted by molar-refractivity contribution is 5.78. The van der Waals surface area contributed by atoms with Crippen LogP contribution in [0, 0.1) is 0 Å². The molecular formula is C16H27N3O3. The number of hydrogen-bond acceptors (Lipinski definition) is 4. The predicted molar refractivity (Wildman–Crippen MR) is 82.4 cm³/mol. The van der Waals surface area contributed by atoms with Gasteiger partial charge in [-0.1, -0.05) is 0 Å². The Labute approximate surface area is 132 Å².